The van der Waals surface area contributed by atoms with E-state index < -0.39 is 0 Å². The molecule has 10 nitrogen and oxygen atoms in total. The van der Waals surface area contributed by atoms with Gasteiger partial charge >= 0.3 is 0 Å². The Morgan fingerprint density at radius 3 is 2.70 bits per heavy atom. The zero-order valence-electron chi connectivity index (χ0n) is 21.6. The third kappa shape index (κ3) is 4.34. The number of fused-ring (bicyclic) bond motifs is 2. The molecule has 1 fully saturated rings. The van der Waals surface area contributed by atoms with Crippen molar-refractivity contribution in [3.63, 3.8) is 0 Å². The second-order valence-corrected chi connectivity index (χ2v) is 11.1. The molecule has 0 unspecified atom stereocenters. The summed E-state index contributed by atoms with van der Waals surface area (Å²) in [4.78, 5) is 47.7. The fourth-order valence-corrected chi connectivity index (χ4v) is 6.12. The average molecular weight is 549 g/mol. The lowest BCUT2D eigenvalue weighted by Gasteiger charge is -2.11. The summed E-state index contributed by atoms with van der Waals surface area (Å²) in [5.41, 5.74) is 5.79. The van der Waals surface area contributed by atoms with E-state index in [-0.39, 0.29) is 17.6 Å². The Balaban J connectivity index is 1.24. The number of carbonyl (C=O) groups excluding carboxylic acids is 2. The van der Waals surface area contributed by atoms with Gasteiger partial charge in [-0.1, -0.05) is 12.8 Å². The van der Waals surface area contributed by atoms with E-state index in [1.165, 1.54) is 11.3 Å². The zero-order valence-corrected chi connectivity index (χ0v) is 22.4. The van der Waals surface area contributed by atoms with Gasteiger partial charge in [0.05, 0.1) is 44.6 Å². The predicted molar refractivity (Wildman–Crippen MR) is 154 cm³/mol. The van der Waals surface area contributed by atoms with Crippen molar-refractivity contribution in [3.05, 3.63) is 60.0 Å². The third-order valence-corrected chi connectivity index (χ3v) is 8.48. The Morgan fingerprint density at radius 1 is 1.00 bits per heavy atom. The fraction of sp³-hybridized carbons (Fsp3) is 0.207. The molecule has 1 amide bonds. The Hall–Kier alpha value is -4.77. The number of carbonyl (C=O) groups is 2. The standard InChI is InChI=1S/C29H24N8O2S/c1-15(38)23-6-7-24(40-23)27-26-20(8-9-31-27)34-28(35-26)25-19-11-21(32-14-22(19)36-37-25)17-10-18(13-30-12-17)33-29(39)16-4-2-3-5-16/h6-14,16H,2-5H2,1H3,(H,33,39)(H,34,35)(H,36,37). The number of amides is 1. The Kier molecular flexibility index (Phi) is 5.93. The van der Waals surface area contributed by atoms with Gasteiger partial charge in [0.15, 0.2) is 11.6 Å². The maximum absolute atomic E-state index is 12.6. The van der Waals surface area contributed by atoms with Crippen molar-refractivity contribution >= 4 is 50.7 Å². The smallest absolute Gasteiger partial charge is 0.227 e. The van der Waals surface area contributed by atoms with Gasteiger partial charge in [-0.05, 0) is 50.1 Å². The minimum absolute atomic E-state index is 0.0236. The van der Waals surface area contributed by atoms with Crippen molar-refractivity contribution in [2.45, 2.75) is 32.6 Å². The number of nitrogens with zero attached hydrogens (tertiary/aromatic N) is 5. The summed E-state index contributed by atoms with van der Waals surface area (Å²) in [5, 5.41) is 11.4. The minimum Gasteiger partial charge on any atom is -0.336 e. The van der Waals surface area contributed by atoms with Crippen molar-refractivity contribution in [1.82, 2.24) is 35.1 Å². The van der Waals surface area contributed by atoms with Gasteiger partial charge in [0.2, 0.25) is 5.91 Å². The van der Waals surface area contributed by atoms with E-state index in [1.54, 1.807) is 31.7 Å². The normalized spacial score (nSPS) is 13.8. The lowest BCUT2D eigenvalue weighted by molar-refractivity contribution is -0.119. The van der Waals surface area contributed by atoms with Crippen molar-refractivity contribution in [3.8, 4) is 33.3 Å². The van der Waals surface area contributed by atoms with Crippen LogP contribution in [-0.2, 0) is 4.79 Å². The summed E-state index contributed by atoms with van der Waals surface area (Å²) >= 11 is 1.40. The van der Waals surface area contributed by atoms with Gasteiger partial charge in [-0.25, -0.2) is 4.98 Å². The van der Waals surface area contributed by atoms with Crippen LogP contribution >= 0.6 is 11.3 Å². The van der Waals surface area contributed by atoms with Crippen LogP contribution in [0.1, 0.15) is 42.3 Å². The third-order valence-electron chi connectivity index (χ3n) is 7.29. The van der Waals surface area contributed by atoms with Gasteiger partial charge in [0.1, 0.15) is 16.9 Å². The number of thiophene rings is 1. The van der Waals surface area contributed by atoms with Gasteiger partial charge in [-0.2, -0.15) is 5.10 Å². The van der Waals surface area contributed by atoms with Crippen LogP contribution in [0, 0.1) is 5.92 Å². The number of aromatic nitrogens is 7. The molecule has 0 spiro atoms. The molecule has 6 heterocycles. The molecular formula is C29H24N8O2S. The molecule has 1 aliphatic carbocycles. The SMILES string of the molecule is CC(=O)c1ccc(-c2nccc3[nH]c(-c4n[nH]c5cnc(-c6cncc(NC(=O)C7CCCC7)c6)cc45)nc23)s1. The molecule has 1 aliphatic rings. The monoisotopic (exact) mass is 548 g/mol. The molecule has 198 valence electrons. The second-order valence-electron chi connectivity index (χ2n) is 9.98. The molecule has 6 aromatic rings. The number of pyridine rings is 3. The van der Waals surface area contributed by atoms with E-state index in [4.69, 9.17) is 4.98 Å². The first-order valence-electron chi connectivity index (χ1n) is 13.1. The Labute approximate surface area is 232 Å². The number of imidazole rings is 1. The summed E-state index contributed by atoms with van der Waals surface area (Å²) in [7, 11) is 0. The van der Waals surface area contributed by atoms with E-state index in [0.29, 0.717) is 39.0 Å². The highest BCUT2D eigenvalue weighted by Crippen LogP contribution is 2.34. The van der Waals surface area contributed by atoms with Crippen molar-refractivity contribution in [2.24, 2.45) is 5.92 Å². The molecule has 0 bridgehead atoms. The molecule has 0 atom stereocenters. The Morgan fingerprint density at radius 2 is 1.88 bits per heavy atom. The Bertz CT molecular complexity index is 1910. The van der Waals surface area contributed by atoms with Crippen LogP contribution in [0.2, 0.25) is 0 Å². The first kappa shape index (κ1) is 24.3. The highest BCUT2D eigenvalue weighted by atomic mass is 32.1. The van der Waals surface area contributed by atoms with E-state index >= 15 is 0 Å². The summed E-state index contributed by atoms with van der Waals surface area (Å²) in [6.07, 6.45) is 10.9. The van der Waals surface area contributed by atoms with Gasteiger partial charge in [-0.3, -0.25) is 29.6 Å². The van der Waals surface area contributed by atoms with Gasteiger partial charge < -0.3 is 10.3 Å². The first-order valence-corrected chi connectivity index (χ1v) is 13.9. The fourth-order valence-electron chi connectivity index (χ4n) is 5.22. The number of aromatic amines is 2. The average Bonchev–Trinajstić information content (AvgIpc) is 3.78. The molecule has 0 aromatic carbocycles. The molecule has 40 heavy (non-hydrogen) atoms. The van der Waals surface area contributed by atoms with E-state index in [1.807, 2.05) is 30.3 Å². The second kappa shape index (κ2) is 9.76. The minimum atomic E-state index is 0.0236. The quantitative estimate of drug-likeness (QED) is 0.216. The molecule has 6 aromatic heterocycles. The summed E-state index contributed by atoms with van der Waals surface area (Å²) in [6, 6.07) is 9.42. The van der Waals surface area contributed by atoms with E-state index in [9.17, 15) is 9.59 Å². The molecule has 1 saturated carbocycles. The lowest BCUT2D eigenvalue weighted by atomic mass is 10.1. The van der Waals surface area contributed by atoms with Crippen LogP contribution in [0.25, 0.3) is 55.3 Å². The predicted octanol–water partition coefficient (Wildman–Crippen LogP) is 6.02. The molecule has 3 N–H and O–H groups in total. The highest BCUT2D eigenvalue weighted by molar-refractivity contribution is 7.17. The number of rotatable bonds is 6. The molecule has 0 saturated heterocycles. The molecule has 0 radical (unpaired) electrons. The highest BCUT2D eigenvalue weighted by Gasteiger charge is 2.23. The topological polar surface area (TPSA) is 142 Å². The van der Waals surface area contributed by atoms with Gasteiger partial charge in [0.25, 0.3) is 0 Å². The maximum atomic E-state index is 12.6. The summed E-state index contributed by atoms with van der Waals surface area (Å²) in [6.45, 7) is 1.56. The summed E-state index contributed by atoms with van der Waals surface area (Å²) in [5.74, 6) is 0.736. The van der Waals surface area contributed by atoms with Crippen molar-refractivity contribution in [1.29, 1.82) is 0 Å². The van der Waals surface area contributed by atoms with Crippen LogP contribution in [0.3, 0.4) is 0 Å². The van der Waals surface area contributed by atoms with Gasteiger partial charge in [0, 0.05) is 29.3 Å². The van der Waals surface area contributed by atoms with E-state index in [0.717, 1.165) is 52.5 Å². The first-order chi connectivity index (χ1) is 19.5. The number of hydrogen-bond acceptors (Lipinski definition) is 8. The number of hydrogen-bond donors (Lipinski definition) is 3. The molecule has 7 rings (SSSR count). The van der Waals surface area contributed by atoms with Crippen molar-refractivity contribution in [2.75, 3.05) is 5.32 Å². The largest absolute Gasteiger partial charge is 0.336 e. The number of ketones is 1. The number of nitrogens with one attached hydrogen (secondary N) is 3. The zero-order chi connectivity index (χ0) is 27.2. The maximum Gasteiger partial charge on any atom is 0.227 e. The lowest BCUT2D eigenvalue weighted by Crippen LogP contribution is -2.20. The van der Waals surface area contributed by atoms with Crippen LogP contribution in [0.5, 0.6) is 0 Å². The molecule has 11 heteroatoms. The van der Waals surface area contributed by atoms with Crippen molar-refractivity contribution < 1.29 is 9.59 Å². The molecule has 0 aliphatic heterocycles. The van der Waals surface area contributed by atoms with Crippen LogP contribution in [0.4, 0.5) is 5.69 Å². The van der Waals surface area contributed by atoms with Crippen LogP contribution in [0.15, 0.2) is 55.1 Å². The number of anilines is 1. The molecular weight excluding hydrogens is 524 g/mol. The van der Waals surface area contributed by atoms with Gasteiger partial charge in [-0.15, -0.1) is 11.3 Å². The van der Waals surface area contributed by atoms with E-state index in [2.05, 4.69) is 35.5 Å². The summed E-state index contributed by atoms with van der Waals surface area (Å²) < 4.78 is 0. The number of H-pyrrole nitrogens is 2. The van der Waals surface area contributed by atoms with Crippen LogP contribution in [-0.4, -0.2) is 46.8 Å². The van der Waals surface area contributed by atoms with Crippen LogP contribution < -0.4 is 5.32 Å². The number of Topliss-reactive ketones (excluding diaryl/α,β-unsaturated/α-hetero) is 1.